The van der Waals surface area contributed by atoms with E-state index in [1.54, 1.807) is 0 Å². The van der Waals surface area contributed by atoms with Gasteiger partial charge in [-0.1, -0.05) is 57.3 Å². The molecule has 1 heteroatoms. The summed E-state index contributed by atoms with van der Waals surface area (Å²) in [7, 11) is 1.13. The Hall–Kier alpha value is -0.715. The van der Waals surface area contributed by atoms with Gasteiger partial charge >= 0.3 is 0 Å². The summed E-state index contributed by atoms with van der Waals surface area (Å²) in [6.45, 7) is 8.92. The molecule has 0 aromatic heterocycles. The van der Waals surface area contributed by atoms with Crippen LogP contribution in [0.3, 0.4) is 0 Å². The highest BCUT2D eigenvalue weighted by atomic mass is 14.2. The molecule has 1 aromatic rings. The maximum absolute atomic E-state index is 2.24. The van der Waals surface area contributed by atoms with E-state index in [4.69, 9.17) is 0 Å². The molecule has 0 radical (unpaired) electrons. The lowest BCUT2D eigenvalue weighted by Crippen LogP contribution is -2.15. The molecule has 0 saturated carbocycles. The van der Waals surface area contributed by atoms with Crippen LogP contribution in [0.15, 0.2) is 24.3 Å². The van der Waals surface area contributed by atoms with E-state index in [1.807, 2.05) is 0 Å². The summed E-state index contributed by atoms with van der Waals surface area (Å²) in [5.74, 6) is 0. The lowest BCUT2D eigenvalue weighted by molar-refractivity contribution is 0.590. The van der Waals surface area contributed by atoms with Crippen molar-refractivity contribution in [3.8, 4) is 0 Å². The van der Waals surface area contributed by atoms with Crippen molar-refractivity contribution in [3.63, 3.8) is 0 Å². The molecule has 1 aromatic carbocycles. The van der Waals surface area contributed by atoms with Crippen LogP contribution in [-0.2, 0) is 5.41 Å². The topological polar surface area (TPSA) is 0 Å². The van der Waals surface area contributed by atoms with Crippen LogP contribution in [0.2, 0.25) is 6.82 Å². The predicted octanol–water partition coefficient (Wildman–Crippen LogP) is 2.09. The molecule has 0 fully saturated rings. The van der Waals surface area contributed by atoms with Gasteiger partial charge in [0.1, 0.15) is 0 Å². The second-order valence-electron chi connectivity index (χ2n) is 4.30. The monoisotopic (exact) mass is 160 g/mol. The third kappa shape index (κ3) is 2.13. The van der Waals surface area contributed by atoms with Crippen molar-refractivity contribution in [2.75, 3.05) is 0 Å². The van der Waals surface area contributed by atoms with Crippen LogP contribution in [0.4, 0.5) is 0 Å². The molecular weight excluding hydrogens is 143 g/mol. The maximum atomic E-state index is 2.24. The summed E-state index contributed by atoms with van der Waals surface area (Å²) in [4.78, 5) is 0. The molecule has 0 heterocycles. The van der Waals surface area contributed by atoms with Crippen LogP contribution in [0.5, 0.6) is 0 Å². The van der Waals surface area contributed by atoms with Crippen LogP contribution in [0.1, 0.15) is 26.3 Å². The normalized spacial score (nSPS) is 11.3. The molecular formula is C11H17B. The van der Waals surface area contributed by atoms with Crippen molar-refractivity contribution < 1.29 is 0 Å². The van der Waals surface area contributed by atoms with Gasteiger partial charge < -0.3 is 0 Å². The van der Waals surface area contributed by atoms with Crippen LogP contribution >= 0.6 is 0 Å². The zero-order valence-electron chi connectivity index (χ0n) is 8.52. The molecule has 0 aliphatic heterocycles. The van der Waals surface area contributed by atoms with Gasteiger partial charge in [-0.05, 0) is 11.0 Å². The smallest absolute Gasteiger partial charge is 0.0849 e. The fourth-order valence-electron chi connectivity index (χ4n) is 1.24. The molecule has 0 amide bonds. The first-order valence-corrected chi connectivity index (χ1v) is 4.63. The second kappa shape index (κ2) is 3.34. The Kier molecular flexibility index (Phi) is 2.61. The molecule has 0 aliphatic carbocycles. The average molecular weight is 160 g/mol. The first-order valence-electron chi connectivity index (χ1n) is 4.63. The summed E-state index contributed by atoms with van der Waals surface area (Å²) in [6.07, 6.45) is 0. The number of rotatable bonds is 1. The molecule has 64 valence electrons. The molecule has 12 heavy (non-hydrogen) atoms. The SMILES string of the molecule is CBc1ccc(C(C)(C)C)cc1. The minimum atomic E-state index is 0.284. The third-order valence-electron chi connectivity index (χ3n) is 2.23. The number of hydrogen-bond acceptors (Lipinski definition) is 0. The van der Waals surface area contributed by atoms with Gasteiger partial charge in [-0.2, -0.15) is 0 Å². The average Bonchev–Trinajstić information content (AvgIpc) is 2.03. The third-order valence-corrected chi connectivity index (χ3v) is 2.23. The molecule has 0 unspecified atom stereocenters. The largest absolute Gasteiger partial charge is 0.154 e. The van der Waals surface area contributed by atoms with Crippen molar-refractivity contribution in [1.82, 2.24) is 0 Å². The van der Waals surface area contributed by atoms with Crippen LogP contribution in [0, 0.1) is 0 Å². The molecule has 1 rings (SSSR count). The summed E-state index contributed by atoms with van der Waals surface area (Å²) < 4.78 is 0. The van der Waals surface area contributed by atoms with Gasteiger partial charge in [-0.15, -0.1) is 0 Å². The van der Waals surface area contributed by atoms with Crippen molar-refractivity contribution in [2.45, 2.75) is 33.0 Å². The predicted molar refractivity (Wildman–Crippen MR) is 57.8 cm³/mol. The first kappa shape index (κ1) is 9.37. The van der Waals surface area contributed by atoms with E-state index in [9.17, 15) is 0 Å². The summed E-state index contributed by atoms with van der Waals surface area (Å²) in [5, 5.41) is 0. The van der Waals surface area contributed by atoms with E-state index in [1.165, 1.54) is 11.0 Å². The molecule has 0 N–H and O–H groups in total. The van der Waals surface area contributed by atoms with Gasteiger partial charge in [0, 0.05) is 0 Å². The van der Waals surface area contributed by atoms with Gasteiger partial charge in [0.15, 0.2) is 7.28 Å². The van der Waals surface area contributed by atoms with Gasteiger partial charge in [0.25, 0.3) is 0 Å². The lowest BCUT2D eigenvalue weighted by Gasteiger charge is -2.18. The van der Waals surface area contributed by atoms with Gasteiger partial charge in [0.2, 0.25) is 0 Å². The van der Waals surface area contributed by atoms with Crippen LogP contribution in [0.25, 0.3) is 0 Å². The summed E-state index contributed by atoms with van der Waals surface area (Å²) >= 11 is 0. The summed E-state index contributed by atoms with van der Waals surface area (Å²) in [6, 6.07) is 8.92. The second-order valence-corrected chi connectivity index (χ2v) is 4.30. The maximum Gasteiger partial charge on any atom is 0.154 e. The molecule has 0 aliphatic rings. The van der Waals surface area contributed by atoms with Crippen LogP contribution in [-0.4, -0.2) is 7.28 Å². The van der Waals surface area contributed by atoms with E-state index < -0.39 is 0 Å². The molecule has 0 bridgehead atoms. The minimum absolute atomic E-state index is 0.284. The Morgan fingerprint density at radius 1 is 1.00 bits per heavy atom. The number of hydrogen-bond donors (Lipinski definition) is 0. The van der Waals surface area contributed by atoms with Gasteiger partial charge in [-0.3, -0.25) is 0 Å². The summed E-state index contributed by atoms with van der Waals surface area (Å²) in [5.41, 5.74) is 3.12. The van der Waals surface area contributed by atoms with Crippen LogP contribution < -0.4 is 5.46 Å². The zero-order valence-corrected chi connectivity index (χ0v) is 8.52. The highest BCUT2D eigenvalue weighted by Crippen LogP contribution is 2.20. The Morgan fingerprint density at radius 2 is 1.50 bits per heavy atom. The highest BCUT2D eigenvalue weighted by molar-refractivity contribution is 6.51. The van der Waals surface area contributed by atoms with E-state index >= 15 is 0 Å². The quantitative estimate of drug-likeness (QED) is 0.552. The highest BCUT2D eigenvalue weighted by Gasteiger charge is 2.12. The molecule has 0 saturated heterocycles. The first-order chi connectivity index (χ1) is 5.54. The van der Waals surface area contributed by atoms with Crippen molar-refractivity contribution in [2.24, 2.45) is 0 Å². The van der Waals surface area contributed by atoms with E-state index in [0.717, 1.165) is 7.28 Å². The van der Waals surface area contributed by atoms with Crippen molar-refractivity contribution >= 4 is 12.7 Å². The number of benzene rings is 1. The van der Waals surface area contributed by atoms with Crippen molar-refractivity contribution in [3.05, 3.63) is 29.8 Å². The molecule has 0 atom stereocenters. The Bertz CT molecular complexity index is 241. The molecule has 0 nitrogen and oxygen atoms in total. The fraction of sp³-hybridized carbons (Fsp3) is 0.455. The Labute approximate surface area is 76.2 Å². The lowest BCUT2D eigenvalue weighted by atomic mass is 9.72. The molecule has 0 spiro atoms. The Balaban J connectivity index is 2.93. The van der Waals surface area contributed by atoms with Gasteiger partial charge in [-0.25, -0.2) is 0 Å². The minimum Gasteiger partial charge on any atom is -0.0849 e. The standard InChI is InChI=1S/C11H17B/c1-11(2,3)9-5-7-10(12-4)8-6-9/h5-8,12H,1-4H3. The fourth-order valence-corrected chi connectivity index (χ4v) is 1.24. The van der Waals surface area contributed by atoms with Gasteiger partial charge in [0.05, 0.1) is 0 Å². The van der Waals surface area contributed by atoms with Crippen molar-refractivity contribution in [1.29, 1.82) is 0 Å². The van der Waals surface area contributed by atoms with E-state index in [2.05, 4.69) is 51.9 Å². The zero-order chi connectivity index (χ0) is 9.19. The Morgan fingerprint density at radius 3 is 1.83 bits per heavy atom. The van der Waals surface area contributed by atoms with E-state index in [0.29, 0.717) is 0 Å². The van der Waals surface area contributed by atoms with E-state index in [-0.39, 0.29) is 5.41 Å².